The summed E-state index contributed by atoms with van der Waals surface area (Å²) >= 11 is 0. The standard InChI is InChI=1S/C15H16N2O/c1-10-6-7-16-9-15(10)17-14-5-2-11-8-12(18)3-4-13(11)14/h3-4,6-9,14,17-18H,2,5H2,1H3. The first-order chi connectivity index (χ1) is 8.74. The predicted molar refractivity (Wildman–Crippen MR) is 71.8 cm³/mol. The van der Waals surface area contributed by atoms with E-state index < -0.39 is 0 Å². The molecular formula is C15H16N2O. The summed E-state index contributed by atoms with van der Waals surface area (Å²) in [5.74, 6) is 0.354. The predicted octanol–water partition coefficient (Wildman–Crippen LogP) is 3.20. The van der Waals surface area contributed by atoms with Crippen LogP contribution in [0, 0.1) is 6.92 Å². The normalized spacial score (nSPS) is 17.5. The van der Waals surface area contributed by atoms with E-state index >= 15 is 0 Å². The lowest BCUT2D eigenvalue weighted by Gasteiger charge is -2.16. The SMILES string of the molecule is Cc1ccncc1NC1CCc2cc(O)ccc21. The lowest BCUT2D eigenvalue weighted by molar-refractivity contribution is 0.474. The van der Waals surface area contributed by atoms with Crippen LogP contribution >= 0.6 is 0 Å². The Morgan fingerprint density at radius 2 is 2.22 bits per heavy atom. The third-order valence-corrected chi connectivity index (χ3v) is 3.57. The molecule has 0 fully saturated rings. The highest BCUT2D eigenvalue weighted by atomic mass is 16.3. The van der Waals surface area contributed by atoms with E-state index in [1.165, 1.54) is 16.7 Å². The molecule has 0 radical (unpaired) electrons. The van der Waals surface area contributed by atoms with E-state index in [9.17, 15) is 5.11 Å². The van der Waals surface area contributed by atoms with Gasteiger partial charge in [-0.25, -0.2) is 0 Å². The van der Waals surface area contributed by atoms with Crippen molar-refractivity contribution in [2.75, 3.05) is 5.32 Å². The summed E-state index contributed by atoms with van der Waals surface area (Å²) in [6.07, 6.45) is 5.75. The van der Waals surface area contributed by atoms with Gasteiger partial charge in [0.15, 0.2) is 0 Å². The summed E-state index contributed by atoms with van der Waals surface area (Å²) in [4.78, 5) is 4.16. The summed E-state index contributed by atoms with van der Waals surface area (Å²) in [5.41, 5.74) is 4.82. The van der Waals surface area contributed by atoms with Gasteiger partial charge < -0.3 is 10.4 Å². The molecule has 3 rings (SSSR count). The maximum atomic E-state index is 9.49. The molecule has 0 spiro atoms. The molecule has 1 aliphatic rings. The minimum Gasteiger partial charge on any atom is -0.508 e. The Kier molecular flexibility index (Phi) is 2.67. The van der Waals surface area contributed by atoms with Gasteiger partial charge in [0.05, 0.1) is 17.9 Å². The van der Waals surface area contributed by atoms with Gasteiger partial charge in [-0.3, -0.25) is 4.98 Å². The average Bonchev–Trinajstić information content (AvgIpc) is 2.74. The Morgan fingerprint density at radius 1 is 1.33 bits per heavy atom. The first kappa shape index (κ1) is 11.1. The van der Waals surface area contributed by atoms with E-state index in [2.05, 4.69) is 17.2 Å². The van der Waals surface area contributed by atoms with Gasteiger partial charge >= 0.3 is 0 Å². The molecule has 92 valence electrons. The Hall–Kier alpha value is -2.03. The number of rotatable bonds is 2. The quantitative estimate of drug-likeness (QED) is 0.847. The Balaban J connectivity index is 1.87. The van der Waals surface area contributed by atoms with E-state index in [1.54, 1.807) is 12.3 Å². The van der Waals surface area contributed by atoms with E-state index in [4.69, 9.17) is 0 Å². The van der Waals surface area contributed by atoms with Gasteiger partial charge in [-0.2, -0.15) is 0 Å². The van der Waals surface area contributed by atoms with Gasteiger partial charge in [-0.05, 0) is 54.7 Å². The molecule has 0 bridgehead atoms. The number of aryl methyl sites for hydroxylation is 2. The highest BCUT2D eigenvalue weighted by molar-refractivity contribution is 5.52. The summed E-state index contributed by atoms with van der Waals surface area (Å²) < 4.78 is 0. The van der Waals surface area contributed by atoms with Crippen molar-refractivity contribution in [1.29, 1.82) is 0 Å². The first-order valence-electron chi connectivity index (χ1n) is 6.23. The number of aromatic nitrogens is 1. The lowest BCUT2D eigenvalue weighted by Crippen LogP contribution is -2.08. The second kappa shape index (κ2) is 4.33. The zero-order valence-electron chi connectivity index (χ0n) is 10.4. The third kappa shape index (κ3) is 1.92. The highest BCUT2D eigenvalue weighted by Crippen LogP contribution is 2.35. The van der Waals surface area contributed by atoms with Gasteiger partial charge in [0.2, 0.25) is 0 Å². The van der Waals surface area contributed by atoms with Crippen molar-refractivity contribution in [2.45, 2.75) is 25.8 Å². The van der Waals surface area contributed by atoms with Crippen LogP contribution in [0.4, 0.5) is 5.69 Å². The summed E-state index contributed by atoms with van der Waals surface area (Å²) in [6.45, 7) is 2.08. The molecule has 18 heavy (non-hydrogen) atoms. The molecule has 1 heterocycles. The highest BCUT2D eigenvalue weighted by Gasteiger charge is 2.22. The third-order valence-electron chi connectivity index (χ3n) is 3.57. The fraction of sp³-hybridized carbons (Fsp3) is 0.267. The van der Waals surface area contributed by atoms with E-state index in [-0.39, 0.29) is 0 Å². The van der Waals surface area contributed by atoms with Crippen molar-refractivity contribution >= 4 is 5.69 Å². The maximum Gasteiger partial charge on any atom is 0.115 e. The summed E-state index contributed by atoms with van der Waals surface area (Å²) in [6, 6.07) is 7.97. The Labute approximate surface area is 107 Å². The van der Waals surface area contributed by atoms with Crippen LogP contribution in [0.25, 0.3) is 0 Å². The zero-order valence-corrected chi connectivity index (χ0v) is 10.4. The lowest BCUT2D eigenvalue weighted by atomic mass is 10.1. The Morgan fingerprint density at radius 3 is 3.06 bits per heavy atom. The van der Waals surface area contributed by atoms with Gasteiger partial charge in [-0.15, -0.1) is 0 Å². The molecule has 3 heteroatoms. The molecule has 1 aliphatic carbocycles. The number of fused-ring (bicyclic) bond motifs is 1. The number of nitrogens with one attached hydrogen (secondary N) is 1. The molecule has 2 N–H and O–H groups in total. The van der Waals surface area contributed by atoms with Gasteiger partial charge in [0.25, 0.3) is 0 Å². The molecule has 2 aromatic rings. The van der Waals surface area contributed by atoms with Crippen LogP contribution in [0.2, 0.25) is 0 Å². The second-order valence-corrected chi connectivity index (χ2v) is 4.81. The number of phenols is 1. The van der Waals surface area contributed by atoms with Crippen LogP contribution in [-0.2, 0) is 6.42 Å². The first-order valence-corrected chi connectivity index (χ1v) is 6.23. The monoisotopic (exact) mass is 240 g/mol. The van der Waals surface area contributed by atoms with Crippen molar-refractivity contribution < 1.29 is 5.11 Å². The molecule has 3 nitrogen and oxygen atoms in total. The van der Waals surface area contributed by atoms with Crippen LogP contribution in [-0.4, -0.2) is 10.1 Å². The number of phenolic OH excluding ortho intramolecular Hbond substituents is 1. The van der Waals surface area contributed by atoms with Crippen molar-refractivity contribution in [3.05, 3.63) is 53.3 Å². The summed E-state index contributed by atoms with van der Waals surface area (Å²) in [7, 11) is 0. The van der Waals surface area contributed by atoms with Crippen molar-refractivity contribution in [1.82, 2.24) is 4.98 Å². The van der Waals surface area contributed by atoms with Crippen LogP contribution in [0.5, 0.6) is 5.75 Å². The van der Waals surface area contributed by atoms with Crippen molar-refractivity contribution in [3.8, 4) is 5.75 Å². The number of anilines is 1. The fourth-order valence-corrected chi connectivity index (χ4v) is 2.56. The topological polar surface area (TPSA) is 45.2 Å². The second-order valence-electron chi connectivity index (χ2n) is 4.81. The van der Waals surface area contributed by atoms with E-state index in [0.29, 0.717) is 11.8 Å². The number of nitrogens with zero attached hydrogens (tertiary/aromatic N) is 1. The summed E-state index contributed by atoms with van der Waals surface area (Å²) in [5, 5.41) is 13.0. The minimum absolute atomic E-state index is 0.323. The smallest absolute Gasteiger partial charge is 0.115 e. The van der Waals surface area contributed by atoms with Gasteiger partial charge in [-0.1, -0.05) is 6.07 Å². The van der Waals surface area contributed by atoms with Crippen molar-refractivity contribution in [2.24, 2.45) is 0 Å². The molecule has 0 aliphatic heterocycles. The van der Waals surface area contributed by atoms with Crippen LogP contribution in [0.1, 0.15) is 29.2 Å². The molecule has 1 atom stereocenters. The molecule has 0 amide bonds. The number of hydrogen-bond acceptors (Lipinski definition) is 3. The Bertz CT molecular complexity index is 580. The van der Waals surface area contributed by atoms with Gasteiger partial charge in [0.1, 0.15) is 5.75 Å². The number of hydrogen-bond donors (Lipinski definition) is 2. The molecule has 1 unspecified atom stereocenters. The average molecular weight is 240 g/mol. The minimum atomic E-state index is 0.323. The van der Waals surface area contributed by atoms with Gasteiger partial charge in [0, 0.05) is 6.20 Å². The molecule has 0 saturated carbocycles. The van der Waals surface area contributed by atoms with Crippen molar-refractivity contribution in [3.63, 3.8) is 0 Å². The molecule has 1 aromatic heterocycles. The van der Waals surface area contributed by atoms with E-state index in [0.717, 1.165) is 18.5 Å². The van der Waals surface area contributed by atoms with Crippen LogP contribution < -0.4 is 5.32 Å². The molecule has 0 saturated heterocycles. The number of benzene rings is 1. The zero-order chi connectivity index (χ0) is 12.5. The number of aromatic hydroxyl groups is 1. The largest absolute Gasteiger partial charge is 0.508 e. The van der Waals surface area contributed by atoms with Crippen LogP contribution in [0.15, 0.2) is 36.7 Å². The van der Waals surface area contributed by atoms with Crippen LogP contribution in [0.3, 0.4) is 0 Å². The maximum absolute atomic E-state index is 9.49. The van der Waals surface area contributed by atoms with E-state index in [1.807, 2.05) is 24.4 Å². The molecule has 1 aromatic carbocycles. The number of pyridine rings is 1. The fourth-order valence-electron chi connectivity index (χ4n) is 2.56. The molecular weight excluding hydrogens is 224 g/mol.